The molecular formula is C19H20FN3O4. The van der Waals surface area contributed by atoms with Gasteiger partial charge in [0.2, 0.25) is 11.8 Å². The zero-order valence-electron chi connectivity index (χ0n) is 15.0. The minimum Gasteiger partial charge on any atom is -0.493 e. The monoisotopic (exact) mass is 373 g/mol. The maximum absolute atomic E-state index is 12.8. The molecule has 0 heterocycles. The molecule has 2 aromatic carbocycles. The number of ether oxygens (including phenoxy) is 2. The summed E-state index contributed by atoms with van der Waals surface area (Å²) in [6, 6.07) is 10.4. The fraction of sp³-hybridized carbons (Fsp3) is 0.211. The SMILES string of the molecule is CCOc1cc(C=NNC(=O)CC(=O)Nc2ccc(F)cc2)ccc1OC. The van der Waals surface area contributed by atoms with Crippen LogP contribution in [0.15, 0.2) is 47.6 Å². The van der Waals surface area contributed by atoms with E-state index in [2.05, 4.69) is 15.8 Å². The minimum atomic E-state index is -0.579. The van der Waals surface area contributed by atoms with Crippen LogP contribution in [-0.2, 0) is 9.59 Å². The lowest BCUT2D eigenvalue weighted by molar-refractivity contribution is -0.126. The maximum atomic E-state index is 12.8. The van der Waals surface area contributed by atoms with Crippen LogP contribution in [-0.4, -0.2) is 31.7 Å². The van der Waals surface area contributed by atoms with Gasteiger partial charge < -0.3 is 14.8 Å². The van der Waals surface area contributed by atoms with Crippen molar-refractivity contribution in [2.45, 2.75) is 13.3 Å². The first kappa shape index (κ1) is 19.9. The highest BCUT2D eigenvalue weighted by atomic mass is 19.1. The van der Waals surface area contributed by atoms with Crippen LogP contribution in [0.2, 0.25) is 0 Å². The van der Waals surface area contributed by atoms with Crippen LogP contribution in [0.1, 0.15) is 18.9 Å². The molecule has 0 fully saturated rings. The molecule has 2 rings (SSSR count). The van der Waals surface area contributed by atoms with Crippen molar-refractivity contribution in [3.63, 3.8) is 0 Å². The molecular weight excluding hydrogens is 353 g/mol. The molecule has 0 aromatic heterocycles. The first-order valence-corrected chi connectivity index (χ1v) is 8.20. The zero-order valence-corrected chi connectivity index (χ0v) is 15.0. The summed E-state index contributed by atoms with van der Waals surface area (Å²) in [6.45, 7) is 2.34. The maximum Gasteiger partial charge on any atom is 0.249 e. The van der Waals surface area contributed by atoms with E-state index in [0.29, 0.717) is 29.4 Å². The Morgan fingerprint density at radius 2 is 1.85 bits per heavy atom. The number of benzene rings is 2. The van der Waals surface area contributed by atoms with Crippen molar-refractivity contribution in [1.82, 2.24) is 5.43 Å². The van der Waals surface area contributed by atoms with Gasteiger partial charge in [-0.25, -0.2) is 9.82 Å². The summed E-state index contributed by atoms with van der Waals surface area (Å²) >= 11 is 0. The van der Waals surface area contributed by atoms with Crippen LogP contribution in [0.25, 0.3) is 0 Å². The molecule has 0 atom stereocenters. The Bertz CT molecular complexity index is 822. The van der Waals surface area contributed by atoms with Gasteiger partial charge >= 0.3 is 0 Å². The molecule has 7 nitrogen and oxygen atoms in total. The predicted octanol–water partition coefficient (Wildman–Crippen LogP) is 2.71. The lowest BCUT2D eigenvalue weighted by Gasteiger charge is -2.09. The minimum absolute atomic E-state index is 0.402. The quantitative estimate of drug-likeness (QED) is 0.423. The van der Waals surface area contributed by atoms with Gasteiger partial charge in [-0.15, -0.1) is 0 Å². The molecule has 2 amide bonds. The second kappa shape index (κ2) is 9.91. The molecule has 0 radical (unpaired) electrons. The summed E-state index contributed by atoms with van der Waals surface area (Å²) in [5.41, 5.74) is 3.37. The van der Waals surface area contributed by atoms with Gasteiger partial charge in [0.1, 0.15) is 12.2 Å². The molecule has 0 unspecified atom stereocenters. The van der Waals surface area contributed by atoms with Crippen molar-refractivity contribution < 1.29 is 23.5 Å². The standard InChI is InChI=1S/C19H20FN3O4/c1-3-27-17-10-13(4-9-16(17)26-2)12-21-23-19(25)11-18(24)22-15-7-5-14(20)6-8-15/h4-10,12H,3,11H2,1-2H3,(H,22,24)(H,23,25). The number of rotatable bonds is 8. The number of halogens is 1. The second-order valence-corrected chi connectivity index (χ2v) is 5.37. The zero-order chi connectivity index (χ0) is 19.6. The molecule has 0 bridgehead atoms. The summed E-state index contributed by atoms with van der Waals surface area (Å²) in [5.74, 6) is -0.364. The summed E-state index contributed by atoms with van der Waals surface area (Å²) in [5, 5.41) is 6.31. The van der Waals surface area contributed by atoms with Gasteiger partial charge in [0.25, 0.3) is 0 Å². The molecule has 2 N–H and O–H groups in total. The molecule has 0 saturated heterocycles. The fourth-order valence-corrected chi connectivity index (χ4v) is 2.14. The number of hydrazone groups is 1. The molecule has 142 valence electrons. The largest absolute Gasteiger partial charge is 0.493 e. The van der Waals surface area contributed by atoms with Crippen LogP contribution in [0.5, 0.6) is 11.5 Å². The third-order valence-electron chi connectivity index (χ3n) is 3.34. The number of carbonyl (C=O) groups excluding carboxylic acids is 2. The Morgan fingerprint density at radius 3 is 2.52 bits per heavy atom. The van der Waals surface area contributed by atoms with Crippen molar-refractivity contribution in [2.75, 3.05) is 19.0 Å². The Morgan fingerprint density at radius 1 is 1.11 bits per heavy atom. The van der Waals surface area contributed by atoms with E-state index in [0.717, 1.165) is 0 Å². The Kier molecular flexibility index (Phi) is 7.30. The van der Waals surface area contributed by atoms with E-state index in [-0.39, 0.29) is 0 Å². The lowest BCUT2D eigenvalue weighted by Crippen LogP contribution is -2.24. The number of methoxy groups -OCH3 is 1. The molecule has 2 aromatic rings. The number of carbonyl (C=O) groups is 2. The van der Waals surface area contributed by atoms with Crippen molar-refractivity contribution in [3.05, 3.63) is 53.8 Å². The van der Waals surface area contributed by atoms with Crippen molar-refractivity contribution in [2.24, 2.45) is 5.10 Å². The smallest absolute Gasteiger partial charge is 0.249 e. The third-order valence-corrected chi connectivity index (χ3v) is 3.34. The lowest BCUT2D eigenvalue weighted by atomic mass is 10.2. The fourth-order valence-electron chi connectivity index (χ4n) is 2.14. The van der Waals surface area contributed by atoms with Gasteiger partial charge in [-0.1, -0.05) is 0 Å². The van der Waals surface area contributed by atoms with E-state index < -0.39 is 24.1 Å². The van der Waals surface area contributed by atoms with Gasteiger partial charge in [-0.2, -0.15) is 5.10 Å². The molecule has 0 aliphatic heterocycles. The molecule has 0 aliphatic carbocycles. The van der Waals surface area contributed by atoms with Gasteiger partial charge in [0.05, 0.1) is 19.9 Å². The van der Waals surface area contributed by atoms with Crippen LogP contribution >= 0.6 is 0 Å². The summed E-state index contributed by atoms with van der Waals surface area (Å²) in [7, 11) is 1.54. The normalized spacial score (nSPS) is 10.5. The van der Waals surface area contributed by atoms with E-state index >= 15 is 0 Å². The van der Waals surface area contributed by atoms with E-state index in [1.54, 1.807) is 25.3 Å². The molecule has 0 spiro atoms. The highest BCUT2D eigenvalue weighted by Gasteiger charge is 2.09. The van der Waals surface area contributed by atoms with Crippen molar-refractivity contribution in [3.8, 4) is 11.5 Å². The van der Waals surface area contributed by atoms with Crippen molar-refractivity contribution in [1.29, 1.82) is 0 Å². The molecule has 0 aliphatic rings. The van der Waals surface area contributed by atoms with E-state index in [4.69, 9.17) is 9.47 Å². The van der Waals surface area contributed by atoms with Crippen LogP contribution < -0.4 is 20.2 Å². The number of nitrogens with zero attached hydrogens (tertiary/aromatic N) is 1. The highest BCUT2D eigenvalue weighted by molar-refractivity contribution is 6.03. The predicted molar refractivity (Wildman–Crippen MR) is 99.5 cm³/mol. The van der Waals surface area contributed by atoms with Gasteiger partial charge in [0.15, 0.2) is 11.5 Å². The number of hydrogen-bond acceptors (Lipinski definition) is 5. The van der Waals surface area contributed by atoms with E-state index in [1.165, 1.54) is 30.5 Å². The van der Waals surface area contributed by atoms with Crippen LogP contribution in [0.3, 0.4) is 0 Å². The molecule has 8 heteroatoms. The number of nitrogens with one attached hydrogen (secondary N) is 2. The second-order valence-electron chi connectivity index (χ2n) is 5.37. The van der Waals surface area contributed by atoms with Gasteiger partial charge in [-0.05, 0) is 55.0 Å². The summed E-state index contributed by atoms with van der Waals surface area (Å²) in [4.78, 5) is 23.5. The Hall–Kier alpha value is -3.42. The van der Waals surface area contributed by atoms with E-state index in [1.807, 2.05) is 6.92 Å². The highest BCUT2D eigenvalue weighted by Crippen LogP contribution is 2.27. The van der Waals surface area contributed by atoms with Crippen molar-refractivity contribution >= 4 is 23.7 Å². The average Bonchev–Trinajstić information content (AvgIpc) is 2.64. The van der Waals surface area contributed by atoms with Crippen LogP contribution in [0.4, 0.5) is 10.1 Å². The molecule has 27 heavy (non-hydrogen) atoms. The number of hydrogen-bond donors (Lipinski definition) is 2. The first-order valence-electron chi connectivity index (χ1n) is 8.20. The van der Waals surface area contributed by atoms with Crippen LogP contribution in [0, 0.1) is 5.82 Å². The van der Waals surface area contributed by atoms with Gasteiger partial charge in [-0.3, -0.25) is 9.59 Å². The average molecular weight is 373 g/mol. The third kappa shape index (κ3) is 6.43. The summed E-state index contributed by atoms with van der Waals surface area (Å²) in [6.07, 6.45) is 1.01. The summed E-state index contributed by atoms with van der Waals surface area (Å²) < 4.78 is 23.5. The van der Waals surface area contributed by atoms with E-state index in [9.17, 15) is 14.0 Å². The Balaban J connectivity index is 1.86. The van der Waals surface area contributed by atoms with Gasteiger partial charge in [0, 0.05) is 5.69 Å². The molecule has 0 saturated carbocycles. The first-order chi connectivity index (χ1) is 13.0. The number of amides is 2. The number of anilines is 1. The Labute approximate surface area is 156 Å². The topological polar surface area (TPSA) is 89.0 Å².